The fourth-order valence-electron chi connectivity index (χ4n) is 2.59. The molecule has 2 rings (SSSR count). The number of rotatable bonds is 3. The quantitative estimate of drug-likeness (QED) is 0.846. The highest BCUT2D eigenvalue weighted by Crippen LogP contribution is 2.29. The monoisotopic (exact) mass is 288 g/mol. The maximum Gasteiger partial charge on any atom is 0.345 e. The van der Waals surface area contributed by atoms with Gasteiger partial charge in [0.15, 0.2) is 5.82 Å². The molecule has 0 aliphatic carbocycles. The van der Waals surface area contributed by atoms with Crippen LogP contribution in [0.25, 0.3) is 5.69 Å². The van der Waals surface area contributed by atoms with Crippen molar-refractivity contribution < 1.29 is 9.53 Å². The molecule has 3 N–H and O–H groups in total. The number of nitrogens with zero attached hydrogens (tertiary/aromatic N) is 2. The second kappa shape index (κ2) is 5.47. The highest BCUT2D eigenvalue weighted by Gasteiger charge is 2.24. The Labute approximate surface area is 123 Å². The van der Waals surface area contributed by atoms with Crippen molar-refractivity contribution in [1.29, 1.82) is 0 Å². The van der Waals surface area contributed by atoms with E-state index in [0.717, 1.165) is 16.8 Å². The lowest BCUT2D eigenvalue weighted by atomic mass is 10.1. The molecule has 0 bridgehead atoms. The van der Waals surface area contributed by atoms with Crippen molar-refractivity contribution in [3.8, 4) is 5.69 Å². The summed E-state index contributed by atoms with van der Waals surface area (Å²) in [5, 5.41) is 7.28. The van der Waals surface area contributed by atoms with Gasteiger partial charge in [0.1, 0.15) is 11.4 Å². The average Bonchev–Trinajstić information content (AvgIpc) is 2.74. The predicted octanol–water partition coefficient (Wildman–Crippen LogP) is 2.21. The summed E-state index contributed by atoms with van der Waals surface area (Å²) in [5.74, 6) is 0.158. The van der Waals surface area contributed by atoms with Crippen LogP contribution in [0, 0.1) is 20.8 Å². The van der Waals surface area contributed by atoms with E-state index in [2.05, 4.69) is 22.5 Å². The number of nitrogens with one attached hydrogen (secondary N) is 1. The molecular weight excluding hydrogens is 268 g/mol. The van der Waals surface area contributed by atoms with E-state index in [-0.39, 0.29) is 11.4 Å². The van der Waals surface area contributed by atoms with E-state index in [1.165, 1.54) is 12.7 Å². The van der Waals surface area contributed by atoms with Crippen LogP contribution in [0.1, 0.15) is 27.0 Å². The Bertz CT molecular complexity index is 681. The zero-order chi connectivity index (χ0) is 15.7. The molecule has 6 heteroatoms. The third-order valence-electron chi connectivity index (χ3n) is 3.39. The SMILES string of the molecule is CNc1nn(-c2c(C)cc(C)cc2C)c(N)c1C(=O)OC. The summed E-state index contributed by atoms with van der Waals surface area (Å²) in [6, 6.07) is 4.11. The highest BCUT2D eigenvalue weighted by atomic mass is 16.5. The number of aromatic nitrogens is 2. The fraction of sp³-hybridized carbons (Fsp3) is 0.333. The molecular formula is C15H20N4O2. The van der Waals surface area contributed by atoms with Crippen molar-refractivity contribution in [1.82, 2.24) is 9.78 Å². The van der Waals surface area contributed by atoms with Crippen LogP contribution in [0.3, 0.4) is 0 Å². The lowest BCUT2D eigenvalue weighted by molar-refractivity contribution is 0.0603. The Hall–Kier alpha value is -2.50. The summed E-state index contributed by atoms with van der Waals surface area (Å²) in [7, 11) is 3.01. The topological polar surface area (TPSA) is 82.2 Å². The number of aryl methyl sites for hydroxylation is 3. The van der Waals surface area contributed by atoms with Crippen LogP contribution < -0.4 is 11.1 Å². The summed E-state index contributed by atoms with van der Waals surface area (Å²) in [5.41, 5.74) is 10.5. The smallest absolute Gasteiger partial charge is 0.345 e. The molecule has 0 radical (unpaired) electrons. The molecule has 0 saturated heterocycles. The summed E-state index contributed by atoms with van der Waals surface area (Å²) in [4.78, 5) is 11.9. The molecule has 0 saturated carbocycles. The summed E-state index contributed by atoms with van der Waals surface area (Å²) < 4.78 is 6.36. The van der Waals surface area contributed by atoms with Crippen molar-refractivity contribution in [3.63, 3.8) is 0 Å². The van der Waals surface area contributed by atoms with Crippen LogP contribution in [0.4, 0.5) is 11.6 Å². The largest absolute Gasteiger partial charge is 0.465 e. The molecule has 0 atom stereocenters. The number of benzene rings is 1. The van der Waals surface area contributed by atoms with E-state index in [9.17, 15) is 4.79 Å². The summed E-state index contributed by atoms with van der Waals surface area (Å²) in [6.07, 6.45) is 0. The van der Waals surface area contributed by atoms with Crippen molar-refractivity contribution in [2.24, 2.45) is 0 Å². The number of hydrogen-bond donors (Lipinski definition) is 2. The zero-order valence-electron chi connectivity index (χ0n) is 12.9. The van der Waals surface area contributed by atoms with E-state index in [4.69, 9.17) is 10.5 Å². The molecule has 1 heterocycles. The number of ether oxygens (including phenoxy) is 1. The molecule has 0 aliphatic rings. The van der Waals surface area contributed by atoms with Gasteiger partial charge in [-0.1, -0.05) is 17.7 Å². The van der Waals surface area contributed by atoms with Crippen LogP contribution in [-0.2, 0) is 4.74 Å². The van der Waals surface area contributed by atoms with E-state index in [1.807, 2.05) is 20.8 Å². The molecule has 0 unspecified atom stereocenters. The number of nitrogen functional groups attached to an aromatic ring is 1. The summed E-state index contributed by atoms with van der Waals surface area (Å²) in [6.45, 7) is 6.02. The minimum absolute atomic E-state index is 0.249. The van der Waals surface area contributed by atoms with Gasteiger partial charge >= 0.3 is 5.97 Å². The Morgan fingerprint density at radius 2 is 1.86 bits per heavy atom. The Morgan fingerprint density at radius 1 is 1.29 bits per heavy atom. The van der Waals surface area contributed by atoms with Crippen LogP contribution >= 0.6 is 0 Å². The number of anilines is 2. The molecule has 0 spiro atoms. The first-order valence-corrected chi connectivity index (χ1v) is 6.63. The second-order valence-corrected chi connectivity index (χ2v) is 5.01. The van der Waals surface area contributed by atoms with Gasteiger partial charge in [-0.05, 0) is 31.9 Å². The number of esters is 1. The van der Waals surface area contributed by atoms with Gasteiger partial charge < -0.3 is 15.8 Å². The molecule has 0 amide bonds. The minimum atomic E-state index is -0.509. The summed E-state index contributed by atoms with van der Waals surface area (Å²) >= 11 is 0. The molecule has 1 aromatic carbocycles. The maximum atomic E-state index is 11.9. The number of hydrogen-bond acceptors (Lipinski definition) is 5. The molecule has 6 nitrogen and oxygen atoms in total. The maximum absolute atomic E-state index is 11.9. The predicted molar refractivity (Wildman–Crippen MR) is 83.1 cm³/mol. The number of carbonyl (C=O) groups is 1. The Kier molecular flexibility index (Phi) is 3.88. The normalized spacial score (nSPS) is 10.5. The number of nitrogens with two attached hydrogens (primary N) is 1. The third-order valence-corrected chi connectivity index (χ3v) is 3.39. The van der Waals surface area contributed by atoms with Crippen molar-refractivity contribution in [2.45, 2.75) is 20.8 Å². The van der Waals surface area contributed by atoms with Gasteiger partial charge in [0, 0.05) is 7.05 Å². The van der Waals surface area contributed by atoms with Gasteiger partial charge in [0.2, 0.25) is 0 Å². The molecule has 21 heavy (non-hydrogen) atoms. The Balaban J connectivity index is 2.72. The first-order valence-electron chi connectivity index (χ1n) is 6.63. The van der Waals surface area contributed by atoms with E-state index in [0.29, 0.717) is 5.82 Å². The van der Waals surface area contributed by atoms with Crippen molar-refractivity contribution >= 4 is 17.6 Å². The van der Waals surface area contributed by atoms with Gasteiger partial charge in [-0.15, -0.1) is 5.10 Å². The van der Waals surface area contributed by atoms with Crippen molar-refractivity contribution in [3.05, 3.63) is 34.4 Å². The number of carbonyl (C=O) groups excluding carboxylic acids is 1. The van der Waals surface area contributed by atoms with E-state index < -0.39 is 5.97 Å². The van der Waals surface area contributed by atoms with Crippen LogP contribution in [-0.4, -0.2) is 29.9 Å². The van der Waals surface area contributed by atoms with Gasteiger partial charge in [0.25, 0.3) is 0 Å². The van der Waals surface area contributed by atoms with E-state index >= 15 is 0 Å². The molecule has 1 aromatic heterocycles. The van der Waals surface area contributed by atoms with Gasteiger partial charge in [0.05, 0.1) is 12.8 Å². The van der Waals surface area contributed by atoms with Gasteiger partial charge in [-0.25, -0.2) is 9.48 Å². The first-order chi connectivity index (χ1) is 9.90. The van der Waals surface area contributed by atoms with Gasteiger partial charge in [-0.3, -0.25) is 0 Å². The molecule has 0 fully saturated rings. The average molecular weight is 288 g/mol. The van der Waals surface area contributed by atoms with E-state index in [1.54, 1.807) is 11.7 Å². The molecule has 2 aromatic rings. The lowest BCUT2D eigenvalue weighted by Crippen LogP contribution is -2.09. The Morgan fingerprint density at radius 3 is 2.33 bits per heavy atom. The minimum Gasteiger partial charge on any atom is -0.465 e. The second-order valence-electron chi connectivity index (χ2n) is 5.01. The lowest BCUT2D eigenvalue weighted by Gasteiger charge is -2.12. The van der Waals surface area contributed by atoms with Crippen LogP contribution in [0.2, 0.25) is 0 Å². The van der Waals surface area contributed by atoms with Gasteiger partial charge in [-0.2, -0.15) is 0 Å². The third kappa shape index (κ3) is 2.44. The van der Waals surface area contributed by atoms with Crippen molar-refractivity contribution in [2.75, 3.05) is 25.2 Å². The number of methoxy groups -OCH3 is 1. The first kappa shape index (κ1) is 14.9. The highest BCUT2D eigenvalue weighted by molar-refractivity contribution is 6.00. The zero-order valence-corrected chi connectivity index (χ0v) is 12.9. The molecule has 112 valence electrons. The van der Waals surface area contributed by atoms with Crippen LogP contribution in [0.15, 0.2) is 12.1 Å². The fourth-order valence-corrected chi connectivity index (χ4v) is 2.59. The standard InChI is InChI=1S/C15H20N4O2/c1-8-6-9(2)12(10(3)7-8)19-13(16)11(15(20)21-5)14(17-4)18-19/h6-7H,16H2,1-5H3,(H,17,18). The molecule has 0 aliphatic heterocycles. The van der Waals surface area contributed by atoms with Crippen LogP contribution in [0.5, 0.6) is 0 Å².